The molecule has 2 aliphatic heterocycles. The summed E-state index contributed by atoms with van der Waals surface area (Å²) in [7, 11) is 0. The molecule has 0 aliphatic carbocycles. The first kappa shape index (κ1) is 27.6. The second-order valence-corrected chi connectivity index (χ2v) is 8.21. The summed E-state index contributed by atoms with van der Waals surface area (Å²) in [5.41, 5.74) is 0.772. The normalized spacial score (nSPS) is 19.8. The minimum atomic E-state index is -1.53. The van der Waals surface area contributed by atoms with Crippen molar-refractivity contribution in [1.29, 1.82) is 0 Å². The summed E-state index contributed by atoms with van der Waals surface area (Å²) in [6, 6.07) is 8.27. The van der Waals surface area contributed by atoms with Crippen molar-refractivity contribution < 1.29 is 80.7 Å². The number of hydrogen-bond donors (Lipinski definition) is 1. The molecule has 3 rings (SSSR count). The molecule has 0 bridgehead atoms. The molecule has 11 nitrogen and oxygen atoms in total. The van der Waals surface area contributed by atoms with E-state index in [0.717, 1.165) is 10.5 Å². The molecule has 0 saturated carbocycles. The number of amides is 2. The molecule has 0 unspecified atom stereocenters. The standard InChI is InChI=1S/C20H25N5O6S.K/c1-3-23(4-2)25(30)22-31-11-14-12-32-19-16(18(27)24(19)17(14)20(28)29)21-15(26)10-13-8-6-5-7-9-13;/h5-9,16,19H,3-4,10-12H2,1-2H3,(H,21,26)(H,28,29);/q;+1/p-1/b25-22-;/t16-,19-;/m1./s1. The van der Waals surface area contributed by atoms with Gasteiger partial charge in [0.1, 0.15) is 18.0 Å². The van der Waals surface area contributed by atoms with Gasteiger partial charge in [-0.05, 0) is 19.4 Å². The van der Waals surface area contributed by atoms with Crippen LogP contribution in [0.25, 0.3) is 0 Å². The van der Waals surface area contributed by atoms with Crippen LogP contribution in [0.5, 0.6) is 0 Å². The topological polar surface area (TPSA) is 140 Å². The number of carbonyl (C=O) groups excluding carboxylic acids is 3. The summed E-state index contributed by atoms with van der Waals surface area (Å²) in [5, 5.41) is 30.5. The zero-order valence-electron chi connectivity index (χ0n) is 18.7. The third-order valence-electron chi connectivity index (χ3n) is 5.10. The molecule has 2 atom stereocenters. The molecule has 33 heavy (non-hydrogen) atoms. The third kappa shape index (κ3) is 6.48. The summed E-state index contributed by atoms with van der Waals surface area (Å²) >= 11 is 1.29. The first-order chi connectivity index (χ1) is 15.4. The number of rotatable bonds is 10. The Balaban J connectivity index is 0.00000385. The molecule has 1 aromatic carbocycles. The molecular formula is C20H24KN5O6S. The Bertz CT molecular complexity index is 940. The first-order valence-electron chi connectivity index (χ1n) is 10.1. The molecule has 13 heteroatoms. The van der Waals surface area contributed by atoms with Gasteiger partial charge in [0.15, 0.2) is 0 Å². The molecule has 1 fully saturated rings. The molecule has 2 aliphatic rings. The molecule has 1 N–H and O–H groups in total. The number of β-lactam (4-membered cyclic amide) rings is 1. The summed E-state index contributed by atoms with van der Waals surface area (Å²) in [6.07, 6.45) is 0.115. The van der Waals surface area contributed by atoms with E-state index in [1.165, 1.54) is 16.8 Å². The fourth-order valence-electron chi connectivity index (χ4n) is 3.46. The van der Waals surface area contributed by atoms with Crippen LogP contribution in [0.4, 0.5) is 0 Å². The monoisotopic (exact) mass is 501 g/mol. The van der Waals surface area contributed by atoms with Crippen LogP contribution in [0.15, 0.2) is 46.9 Å². The number of nitrogens with zero attached hydrogens (tertiary/aromatic N) is 4. The smallest absolute Gasteiger partial charge is 0.569 e. The van der Waals surface area contributed by atoms with Crippen molar-refractivity contribution >= 4 is 29.5 Å². The van der Waals surface area contributed by atoms with Gasteiger partial charge in [-0.3, -0.25) is 14.5 Å². The number of carboxylic acids is 1. The zero-order valence-corrected chi connectivity index (χ0v) is 22.7. The zero-order chi connectivity index (χ0) is 23.3. The van der Waals surface area contributed by atoms with Crippen LogP contribution < -0.4 is 61.8 Å². The Morgan fingerprint density at radius 2 is 1.97 bits per heavy atom. The summed E-state index contributed by atoms with van der Waals surface area (Å²) in [4.78, 5) is 43.1. The van der Waals surface area contributed by atoms with Crippen LogP contribution in [0.2, 0.25) is 0 Å². The van der Waals surface area contributed by atoms with Gasteiger partial charge >= 0.3 is 51.4 Å². The Labute approximate surface area is 238 Å². The molecule has 1 aromatic rings. The second kappa shape index (κ2) is 12.7. The number of benzene rings is 1. The SMILES string of the molecule is CCN(CC)/[N+]([O-])=N/OCC1=C(C(=O)[O-])N2C(=O)[C@@H](NC(=O)Cc3ccccc3)[C@H]2SC1.[K+]. The van der Waals surface area contributed by atoms with Gasteiger partial charge in [0.25, 0.3) is 5.91 Å². The number of hydrazine groups is 1. The largest absolute Gasteiger partial charge is 1.00 e. The average Bonchev–Trinajstić information content (AvgIpc) is 2.78. The van der Waals surface area contributed by atoms with Gasteiger partial charge in [-0.1, -0.05) is 30.3 Å². The molecule has 0 aromatic heterocycles. The van der Waals surface area contributed by atoms with Crippen molar-refractivity contribution in [2.45, 2.75) is 31.7 Å². The van der Waals surface area contributed by atoms with E-state index in [4.69, 9.17) is 4.84 Å². The molecular weight excluding hydrogens is 477 g/mol. The van der Waals surface area contributed by atoms with Crippen molar-refractivity contribution in [3.63, 3.8) is 0 Å². The minimum Gasteiger partial charge on any atom is -0.569 e. The van der Waals surface area contributed by atoms with Gasteiger partial charge in [-0.15, -0.1) is 16.8 Å². The number of carbonyl (C=O) groups is 3. The van der Waals surface area contributed by atoms with Crippen LogP contribution in [-0.2, 0) is 25.6 Å². The number of fused-ring (bicyclic) bond motifs is 1. The third-order valence-corrected chi connectivity index (χ3v) is 6.44. The van der Waals surface area contributed by atoms with Crippen LogP contribution in [0.3, 0.4) is 0 Å². The number of aliphatic carboxylic acids is 1. The predicted molar refractivity (Wildman–Crippen MR) is 112 cm³/mol. The fraction of sp³-hybridized carbons (Fsp3) is 0.450. The number of hydrogen-bond acceptors (Lipinski definition) is 8. The molecule has 2 amide bonds. The van der Waals surface area contributed by atoms with Gasteiger partial charge in [0.05, 0.1) is 36.1 Å². The number of thioether (sulfide) groups is 1. The molecule has 2 heterocycles. The summed E-state index contributed by atoms with van der Waals surface area (Å²) in [6.45, 7) is 4.14. The Kier molecular flexibility index (Phi) is 10.6. The van der Waals surface area contributed by atoms with Crippen molar-refractivity contribution in [2.75, 3.05) is 25.4 Å². The fourth-order valence-corrected chi connectivity index (χ4v) is 4.79. The van der Waals surface area contributed by atoms with E-state index in [2.05, 4.69) is 10.6 Å². The van der Waals surface area contributed by atoms with Crippen LogP contribution >= 0.6 is 11.8 Å². The molecule has 0 radical (unpaired) electrons. The van der Waals surface area contributed by atoms with E-state index in [0.29, 0.717) is 18.1 Å². The minimum absolute atomic E-state index is 0. The summed E-state index contributed by atoms with van der Waals surface area (Å²) < 4.78 is 0. The van der Waals surface area contributed by atoms with E-state index in [9.17, 15) is 24.7 Å². The second-order valence-electron chi connectivity index (χ2n) is 7.10. The van der Waals surface area contributed by atoms with Crippen LogP contribution in [0, 0.1) is 5.21 Å². The maximum absolute atomic E-state index is 12.6. The maximum atomic E-state index is 12.6. The Morgan fingerprint density at radius 3 is 2.58 bits per heavy atom. The Morgan fingerprint density at radius 1 is 1.30 bits per heavy atom. The van der Waals surface area contributed by atoms with E-state index >= 15 is 0 Å². The summed E-state index contributed by atoms with van der Waals surface area (Å²) in [5.74, 6) is -2.17. The van der Waals surface area contributed by atoms with Gasteiger partial charge < -0.3 is 25.3 Å². The van der Waals surface area contributed by atoms with Gasteiger partial charge in [0.2, 0.25) is 11.2 Å². The predicted octanol–water partition coefficient (Wildman–Crippen LogP) is -3.21. The maximum Gasteiger partial charge on any atom is 1.00 e. The molecule has 0 spiro atoms. The van der Waals surface area contributed by atoms with E-state index < -0.39 is 23.3 Å². The van der Waals surface area contributed by atoms with Gasteiger partial charge in [-0.2, -0.15) is 0 Å². The molecule has 1 saturated heterocycles. The van der Waals surface area contributed by atoms with Crippen molar-refractivity contribution in [2.24, 2.45) is 5.28 Å². The van der Waals surface area contributed by atoms with E-state index in [1.807, 2.05) is 18.2 Å². The number of nitrogens with one attached hydrogen (secondary N) is 1. The van der Waals surface area contributed by atoms with Crippen molar-refractivity contribution in [1.82, 2.24) is 15.2 Å². The van der Waals surface area contributed by atoms with Crippen molar-refractivity contribution in [3.05, 3.63) is 52.4 Å². The van der Waals surface area contributed by atoms with Crippen LogP contribution in [0.1, 0.15) is 19.4 Å². The number of carboxylic acid groups (broad SMARTS) is 1. The van der Waals surface area contributed by atoms with Crippen molar-refractivity contribution in [3.8, 4) is 0 Å². The van der Waals surface area contributed by atoms with E-state index in [1.54, 1.807) is 26.0 Å². The first-order valence-corrected chi connectivity index (χ1v) is 11.2. The Hall–Kier alpha value is -1.64. The molecule has 172 valence electrons. The quantitative estimate of drug-likeness (QED) is 0.116. The van der Waals surface area contributed by atoms with E-state index in [-0.39, 0.29) is 87.3 Å². The van der Waals surface area contributed by atoms with Gasteiger partial charge in [0, 0.05) is 11.3 Å². The van der Waals surface area contributed by atoms with Gasteiger partial charge in [-0.25, -0.2) is 0 Å². The average molecular weight is 502 g/mol. The van der Waals surface area contributed by atoms with Crippen LogP contribution in [-0.4, -0.2) is 69.5 Å².